The molecule has 10 nitrogen and oxygen atoms in total. The monoisotopic (exact) mass is 619 g/mol. The van der Waals surface area contributed by atoms with Crippen LogP contribution in [0.4, 0.5) is 18.9 Å². The van der Waals surface area contributed by atoms with Gasteiger partial charge in [-0.25, -0.2) is 4.98 Å². The van der Waals surface area contributed by atoms with Gasteiger partial charge in [0.25, 0.3) is 11.8 Å². The second-order valence-corrected chi connectivity index (χ2v) is 12.0. The summed E-state index contributed by atoms with van der Waals surface area (Å²) in [5.74, 6) is -0.916. The number of anilines is 1. The van der Waals surface area contributed by atoms with Crippen LogP contribution in [-0.4, -0.2) is 84.4 Å². The lowest BCUT2D eigenvalue weighted by molar-refractivity contribution is -0.141. The van der Waals surface area contributed by atoms with Gasteiger partial charge in [-0.15, -0.1) is 0 Å². The molecule has 4 heterocycles. The number of rotatable bonds is 6. The van der Waals surface area contributed by atoms with E-state index in [2.05, 4.69) is 20.3 Å². The van der Waals surface area contributed by atoms with Crippen LogP contribution in [0.5, 0.6) is 0 Å². The number of amides is 2. The molecule has 0 bridgehead atoms. The highest BCUT2D eigenvalue weighted by Crippen LogP contribution is 2.41. The maximum absolute atomic E-state index is 13.7. The van der Waals surface area contributed by atoms with Gasteiger partial charge in [-0.1, -0.05) is 11.6 Å². The van der Waals surface area contributed by atoms with E-state index in [1.165, 1.54) is 34.8 Å². The van der Waals surface area contributed by atoms with Gasteiger partial charge in [0.1, 0.15) is 0 Å². The number of nitrogens with zero attached hydrogens (tertiary/aromatic N) is 6. The van der Waals surface area contributed by atoms with Gasteiger partial charge in [0, 0.05) is 51.2 Å². The third-order valence-corrected chi connectivity index (χ3v) is 8.93. The molecular formula is C29H33ClF3N7O3. The highest BCUT2D eigenvalue weighted by atomic mass is 35.5. The van der Waals surface area contributed by atoms with Crippen LogP contribution in [0.25, 0.3) is 11.3 Å². The smallest absolute Gasteiger partial charge is 0.393 e. The number of aliphatic hydroxyl groups excluding tert-OH is 1. The highest BCUT2D eigenvalue weighted by molar-refractivity contribution is 6.34. The van der Waals surface area contributed by atoms with E-state index < -0.39 is 17.8 Å². The number of hydrogen-bond acceptors (Lipinski definition) is 6. The lowest BCUT2D eigenvalue weighted by Gasteiger charge is -2.41. The van der Waals surface area contributed by atoms with Crippen molar-refractivity contribution in [1.29, 1.82) is 0 Å². The van der Waals surface area contributed by atoms with E-state index in [0.717, 1.165) is 51.6 Å². The summed E-state index contributed by atoms with van der Waals surface area (Å²) < 4.78 is 43.8. The van der Waals surface area contributed by atoms with Gasteiger partial charge in [0.2, 0.25) is 0 Å². The molecule has 1 saturated carbocycles. The van der Waals surface area contributed by atoms with Gasteiger partial charge >= 0.3 is 6.18 Å². The summed E-state index contributed by atoms with van der Waals surface area (Å²) in [6.07, 6.45) is 2.52. The third-order valence-electron chi connectivity index (χ3n) is 8.61. The van der Waals surface area contributed by atoms with Crippen molar-refractivity contribution in [3.8, 4) is 11.3 Å². The predicted molar refractivity (Wildman–Crippen MR) is 153 cm³/mol. The normalized spacial score (nSPS) is 19.2. The summed E-state index contributed by atoms with van der Waals surface area (Å²) in [5.41, 5.74) is -0.398. The Labute approximate surface area is 251 Å². The zero-order chi connectivity index (χ0) is 30.5. The molecule has 14 heteroatoms. The van der Waals surface area contributed by atoms with E-state index >= 15 is 0 Å². The number of nitrogens with one attached hydrogen (secondary N) is 1. The van der Waals surface area contributed by atoms with Crippen LogP contribution in [0.2, 0.25) is 5.02 Å². The number of halogens is 4. The highest BCUT2D eigenvalue weighted by Gasteiger charge is 2.40. The van der Waals surface area contributed by atoms with Gasteiger partial charge in [-0.05, 0) is 56.7 Å². The van der Waals surface area contributed by atoms with Crippen molar-refractivity contribution in [3.05, 3.63) is 52.7 Å². The standard InChI is InChI=1S/C29H33ClF3N7O3/c1-37-24(22-16-40(19-3-4-19)36-25(22)29(31,32)33)15-34-26(37)27(42)35-17-2-5-21(23(30)14-17)28(43)39-10-6-18(7-11-39)38-12-8-20(41)9-13-38/h2,5,14-16,18-20,41H,3-4,6-13H2,1H3,(H,35,42). The first-order valence-electron chi connectivity index (χ1n) is 14.5. The fraction of sp³-hybridized carbons (Fsp3) is 0.517. The molecule has 2 amide bonds. The van der Waals surface area contributed by atoms with Crippen LogP contribution >= 0.6 is 11.6 Å². The van der Waals surface area contributed by atoms with Crippen LogP contribution in [0.3, 0.4) is 0 Å². The average Bonchev–Trinajstić information content (AvgIpc) is 3.60. The minimum Gasteiger partial charge on any atom is -0.393 e. The fourth-order valence-electron chi connectivity index (χ4n) is 5.99. The van der Waals surface area contributed by atoms with Gasteiger partial charge in [-0.2, -0.15) is 18.3 Å². The van der Waals surface area contributed by atoms with Gasteiger partial charge in [0.05, 0.1) is 40.2 Å². The molecule has 0 unspecified atom stereocenters. The molecule has 1 aliphatic carbocycles. The Morgan fingerprint density at radius 1 is 1.02 bits per heavy atom. The van der Waals surface area contributed by atoms with E-state index in [4.69, 9.17) is 11.6 Å². The Morgan fingerprint density at radius 2 is 1.72 bits per heavy atom. The van der Waals surface area contributed by atoms with Crippen LogP contribution in [-0.2, 0) is 13.2 Å². The molecule has 0 atom stereocenters. The number of hydrogen-bond donors (Lipinski definition) is 2. The number of carbonyl (C=O) groups excluding carboxylic acids is 2. The van der Waals surface area contributed by atoms with E-state index in [1.54, 1.807) is 17.0 Å². The second kappa shape index (κ2) is 11.6. The number of carbonyl (C=O) groups is 2. The zero-order valence-electron chi connectivity index (χ0n) is 23.6. The molecule has 43 heavy (non-hydrogen) atoms. The first-order valence-corrected chi connectivity index (χ1v) is 14.9. The summed E-state index contributed by atoms with van der Waals surface area (Å²) in [4.78, 5) is 34.6. The molecule has 3 aromatic rings. The number of benzene rings is 1. The third kappa shape index (κ3) is 6.16. The largest absolute Gasteiger partial charge is 0.435 e. The molecule has 230 valence electrons. The number of likely N-dealkylation sites (tertiary alicyclic amines) is 2. The molecule has 1 aromatic carbocycles. The van der Waals surface area contributed by atoms with Gasteiger partial charge in [0.15, 0.2) is 11.5 Å². The van der Waals surface area contributed by atoms with Crippen LogP contribution < -0.4 is 5.32 Å². The molecular weight excluding hydrogens is 587 g/mol. The van der Waals surface area contributed by atoms with Crippen LogP contribution in [0.1, 0.15) is 71.2 Å². The summed E-state index contributed by atoms with van der Waals surface area (Å²) in [6.45, 7) is 2.96. The van der Waals surface area contributed by atoms with Gasteiger partial charge < -0.3 is 24.8 Å². The van der Waals surface area contributed by atoms with Crippen molar-refractivity contribution in [2.45, 2.75) is 62.9 Å². The Morgan fingerprint density at radius 3 is 2.35 bits per heavy atom. The molecule has 3 fully saturated rings. The Hall–Kier alpha value is -3.42. The van der Waals surface area contributed by atoms with E-state index in [1.807, 2.05) is 0 Å². The van der Waals surface area contributed by atoms with Crippen molar-refractivity contribution in [3.63, 3.8) is 0 Å². The average molecular weight is 620 g/mol. The molecule has 0 radical (unpaired) electrons. The molecule has 2 saturated heterocycles. The Balaban J connectivity index is 1.11. The summed E-state index contributed by atoms with van der Waals surface area (Å²) in [6, 6.07) is 4.94. The van der Waals surface area contributed by atoms with Crippen LogP contribution in [0.15, 0.2) is 30.6 Å². The van der Waals surface area contributed by atoms with E-state index in [0.29, 0.717) is 30.4 Å². The quantitative estimate of drug-likeness (QED) is 0.417. The molecule has 2 N–H and O–H groups in total. The maximum Gasteiger partial charge on any atom is 0.435 e. The second-order valence-electron chi connectivity index (χ2n) is 11.6. The first kappa shape index (κ1) is 29.6. The minimum atomic E-state index is -4.66. The number of aromatic nitrogens is 4. The van der Waals surface area contributed by atoms with E-state index in [9.17, 15) is 27.9 Å². The molecule has 2 aromatic heterocycles. The van der Waals surface area contributed by atoms with Crippen molar-refractivity contribution in [2.24, 2.45) is 7.05 Å². The number of alkyl halides is 3. The lowest BCUT2D eigenvalue weighted by Crippen LogP contribution is -2.49. The topological polar surface area (TPSA) is 109 Å². The SMILES string of the molecule is Cn1c(-c2cn(C3CC3)nc2C(F)(F)F)cnc1C(=O)Nc1ccc(C(=O)N2CCC(N3CCC(O)CC3)CC2)c(Cl)c1. The van der Waals surface area contributed by atoms with Crippen molar-refractivity contribution in [2.75, 3.05) is 31.5 Å². The summed E-state index contributed by atoms with van der Waals surface area (Å²) in [7, 11) is 1.47. The molecule has 3 aliphatic rings. The number of piperidine rings is 2. The van der Waals surface area contributed by atoms with Crippen molar-refractivity contribution < 1.29 is 27.9 Å². The molecule has 6 rings (SSSR count). The molecule has 2 aliphatic heterocycles. The Kier molecular flexibility index (Phi) is 7.99. The number of imidazole rings is 1. The number of aliphatic hydroxyl groups is 1. The van der Waals surface area contributed by atoms with E-state index in [-0.39, 0.29) is 40.2 Å². The first-order chi connectivity index (χ1) is 20.5. The maximum atomic E-state index is 13.7. The fourth-order valence-corrected chi connectivity index (χ4v) is 6.26. The van der Waals surface area contributed by atoms with Crippen molar-refractivity contribution in [1.82, 2.24) is 29.1 Å². The lowest BCUT2D eigenvalue weighted by atomic mass is 9.98. The Bertz CT molecular complexity index is 1520. The molecule has 0 spiro atoms. The van der Waals surface area contributed by atoms with Crippen LogP contribution in [0, 0.1) is 0 Å². The van der Waals surface area contributed by atoms with Crippen molar-refractivity contribution >= 4 is 29.1 Å². The van der Waals surface area contributed by atoms with Gasteiger partial charge in [-0.3, -0.25) is 14.3 Å². The predicted octanol–water partition coefficient (Wildman–Crippen LogP) is 4.60. The zero-order valence-corrected chi connectivity index (χ0v) is 24.4. The summed E-state index contributed by atoms with van der Waals surface area (Å²) >= 11 is 6.48. The minimum absolute atomic E-state index is 0.0484. The summed E-state index contributed by atoms with van der Waals surface area (Å²) in [5, 5.41) is 16.4.